The van der Waals surface area contributed by atoms with Crippen molar-refractivity contribution in [3.63, 3.8) is 0 Å². The topological polar surface area (TPSA) is 12.5 Å². The molecule has 0 aromatic rings. The molecule has 0 N–H and O–H groups in total. The Labute approximate surface area is 24.9 Å². The summed E-state index contributed by atoms with van der Waals surface area (Å²) in [6, 6.07) is 0. The van der Waals surface area contributed by atoms with Crippen LogP contribution in [0, 0.1) is 6.61 Å². The van der Waals surface area contributed by atoms with Crippen molar-refractivity contribution in [3.05, 3.63) is 18.9 Å². The summed E-state index contributed by atoms with van der Waals surface area (Å²) in [5.74, 6) is 0.792. The van der Waals surface area contributed by atoms with Crippen LogP contribution >= 0.6 is 0 Å². The highest BCUT2D eigenvalue weighted by molar-refractivity contribution is 5.07. The van der Waals surface area contributed by atoms with Gasteiger partial charge in [-0.1, -0.05) is 6.58 Å². The molecule has 0 amide bonds. The molecule has 1 aliphatic rings. The fraction of sp³-hybridized carbons (Fsp3) is 0. The molecule has 1 fully saturated rings. The first-order valence-corrected chi connectivity index (χ1v) is 1.08. The first kappa shape index (κ1) is 1.82. The molecule has 1 rings (SSSR count). The third kappa shape index (κ3) is 0.0696. The van der Waals surface area contributed by atoms with Gasteiger partial charge in [-0.25, -0.2) is 0 Å². The van der Waals surface area contributed by atoms with Crippen LogP contribution in [0.1, 0.15) is 0 Å². The summed E-state index contributed by atoms with van der Waals surface area (Å²) in [5.41, 5.74) is 0. The van der Waals surface area contributed by atoms with Gasteiger partial charge in [0.15, 0.2) is 6.61 Å². The van der Waals surface area contributed by atoms with Gasteiger partial charge in [0.25, 0.3) is 0 Å². The zero-order valence-electron chi connectivity index (χ0n) is 2.19. The van der Waals surface area contributed by atoms with Gasteiger partial charge in [0, 0.05) is 0 Å². The van der Waals surface area contributed by atoms with Crippen LogP contribution in [-0.2, 0) is 4.74 Å². The van der Waals surface area contributed by atoms with Gasteiger partial charge in [-0.15, -0.1) is 0 Å². The molecular weight excluding hydrogens is 52.0 g/mol. The Morgan fingerprint density at radius 1 is 2.00 bits per heavy atom. The Morgan fingerprint density at radius 3 is 2.25 bits per heavy atom. The Morgan fingerprint density at radius 2 is 2.25 bits per heavy atom. The minimum Gasteiger partial charge on any atom is -0.479 e. The minimum atomic E-state index is 0.792. The smallest absolute Gasteiger partial charge is 0.198 e. The van der Waals surface area contributed by atoms with Crippen molar-refractivity contribution in [3.8, 4) is 0 Å². The average Bonchev–Trinajstić information content (AvgIpc) is 1.75. The molecule has 0 spiro atoms. The highest BCUT2D eigenvalue weighted by Crippen LogP contribution is 2.15. The van der Waals surface area contributed by atoms with Gasteiger partial charge in [0.2, 0.25) is 0 Å². The summed E-state index contributed by atoms with van der Waals surface area (Å²) < 4.78 is 4.39. The maximum Gasteiger partial charge on any atom is 0.198 e. The van der Waals surface area contributed by atoms with E-state index in [9.17, 15) is 0 Å². The molecule has 1 radical (unpaired) electrons. The van der Waals surface area contributed by atoms with Gasteiger partial charge in [0.05, 0.1) is 0 Å². The first-order chi connectivity index (χ1) is 1.89. The number of hydrogen-bond donors (Lipinski definition) is 0. The predicted octanol–water partition coefficient (Wildman–Crippen LogP) is 0.692. The Balaban J connectivity index is 2.60. The van der Waals surface area contributed by atoms with Crippen LogP contribution in [0.3, 0.4) is 0 Å². The average molecular weight is 55.1 g/mol. The summed E-state index contributed by atoms with van der Waals surface area (Å²) >= 11 is 0. The monoisotopic (exact) mass is 55.0 g/mol. The lowest BCUT2D eigenvalue weighted by atomic mass is 10.8. The van der Waals surface area contributed by atoms with Crippen molar-refractivity contribution in [2.45, 2.75) is 0 Å². The highest BCUT2D eigenvalue weighted by atomic mass is 16.6. The van der Waals surface area contributed by atoms with E-state index < -0.39 is 0 Å². The lowest BCUT2D eigenvalue weighted by Gasteiger charge is -1.38. The van der Waals surface area contributed by atoms with Crippen LogP contribution in [0.2, 0.25) is 0 Å². The molecule has 1 aliphatic heterocycles. The quantitative estimate of drug-likeness (QED) is 0.371. The van der Waals surface area contributed by atoms with Gasteiger partial charge < -0.3 is 4.74 Å². The van der Waals surface area contributed by atoms with E-state index in [1.165, 1.54) is 0 Å². The van der Waals surface area contributed by atoms with Crippen LogP contribution in [-0.4, -0.2) is 0 Å². The second kappa shape index (κ2) is 0.292. The van der Waals surface area contributed by atoms with Crippen molar-refractivity contribution < 1.29 is 4.74 Å². The third-order valence-electron chi connectivity index (χ3n) is 0.285. The standard InChI is InChI=1S/C3H3O/c1-3-2-4-3/h2H,1H2. The number of epoxide rings is 1. The van der Waals surface area contributed by atoms with Crippen LogP contribution in [0.25, 0.3) is 0 Å². The van der Waals surface area contributed by atoms with E-state index in [1.807, 2.05) is 0 Å². The second-order valence-electron chi connectivity index (χ2n) is 0.702. The zero-order valence-corrected chi connectivity index (χ0v) is 2.19. The van der Waals surface area contributed by atoms with E-state index in [0.717, 1.165) is 5.76 Å². The summed E-state index contributed by atoms with van der Waals surface area (Å²) in [6.07, 6.45) is 0. The molecule has 1 saturated heterocycles. The molecule has 0 unspecified atom stereocenters. The van der Waals surface area contributed by atoms with Crippen molar-refractivity contribution >= 4 is 0 Å². The summed E-state index contributed by atoms with van der Waals surface area (Å²) in [5, 5.41) is 0. The van der Waals surface area contributed by atoms with E-state index in [-0.39, 0.29) is 0 Å². The molecule has 0 aromatic heterocycles. The SMILES string of the molecule is C=C1[CH]O1. The number of rotatable bonds is 0. The summed E-state index contributed by atoms with van der Waals surface area (Å²) in [6.45, 7) is 4.99. The Hall–Kier alpha value is -0.460. The van der Waals surface area contributed by atoms with Gasteiger partial charge in [-0.2, -0.15) is 0 Å². The maximum absolute atomic E-state index is 4.39. The molecule has 0 saturated carbocycles. The van der Waals surface area contributed by atoms with Crippen molar-refractivity contribution in [2.75, 3.05) is 0 Å². The van der Waals surface area contributed by atoms with Crippen LogP contribution in [0.15, 0.2) is 12.3 Å². The molecule has 4 heavy (non-hydrogen) atoms. The summed E-state index contributed by atoms with van der Waals surface area (Å²) in [7, 11) is 0. The minimum absolute atomic E-state index is 0.792. The first-order valence-electron chi connectivity index (χ1n) is 1.08. The van der Waals surface area contributed by atoms with Crippen molar-refractivity contribution in [1.82, 2.24) is 0 Å². The van der Waals surface area contributed by atoms with Crippen molar-refractivity contribution in [2.24, 2.45) is 0 Å². The van der Waals surface area contributed by atoms with Crippen LogP contribution in [0.4, 0.5) is 0 Å². The number of hydrogen-bond acceptors (Lipinski definition) is 1. The van der Waals surface area contributed by atoms with E-state index in [2.05, 4.69) is 11.3 Å². The Bertz CT molecular complexity index is 41.2. The molecule has 21 valence electrons. The molecule has 0 aliphatic carbocycles. The molecule has 0 atom stereocenters. The van der Waals surface area contributed by atoms with Crippen LogP contribution < -0.4 is 0 Å². The summed E-state index contributed by atoms with van der Waals surface area (Å²) in [4.78, 5) is 0. The molecule has 0 aromatic carbocycles. The number of ether oxygens (including phenoxy) is 1. The van der Waals surface area contributed by atoms with Gasteiger partial charge in [0.1, 0.15) is 5.76 Å². The van der Waals surface area contributed by atoms with E-state index in [0.29, 0.717) is 0 Å². The fourth-order valence-corrected chi connectivity index (χ4v) is 0.0417. The molecule has 1 heterocycles. The second-order valence-corrected chi connectivity index (χ2v) is 0.702. The van der Waals surface area contributed by atoms with Crippen molar-refractivity contribution in [1.29, 1.82) is 0 Å². The van der Waals surface area contributed by atoms with Gasteiger partial charge in [-0.3, -0.25) is 0 Å². The largest absolute Gasteiger partial charge is 0.479 e. The lowest BCUT2D eigenvalue weighted by molar-refractivity contribution is 0.551. The van der Waals surface area contributed by atoms with Crippen LogP contribution in [0.5, 0.6) is 0 Å². The molecule has 1 nitrogen and oxygen atoms in total. The fourth-order valence-electron chi connectivity index (χ4n) is 0.0417. The predicted molar refractivity (Wildman–Crippen MR) is 14.5 cm³/mol. The maximum atomic E-state index is 4.39. The molecular formula is C3H3O. The van der Waals surface area contributed by atoms with E-state index >= 15 is 0 Å². The van der Waals surface area contributed by atoms with Gasteiger partial charge in [-0.05, 0) is 0 Å². The Kier molecular flexibility index (Phi) is 0.133. The van der Waals surface area contributed by atoms with Gasteiger partial charge >= 0.3 is 0 Å². The zero-order chi connectivity index (χ0) is 2.99. The molecule has 0 bridgehead atoms. The van der Waals surface area contributed by atoms with E-state index in [4.69, 9.17) is 0 Å². The third-order valence-corrected chi connectivity index (χ3v) is 0.285. The normalized spacial score (nSPS) is 19.5. The lowest BCUT2D eigenvalue weighted by Crippen LogP contribution is -1.16. The van der Waals surface area contributed by atoms with E-state index in [1.54, 1.807) is 6.61 Å². The molecule has 1 heteroatoms. The highest BCUT2D eigenvalue weighted by Gasteiger charge is 2.07.